The zero-order valence-electron chi connectivity index (χ0n) is 21.2. The second kappa shape index (κ2) is 9.01. The Morgan fingerprint density at radius 3 is 2.42 bits per heavy atom. The number of fused-ring (bicyclic) bond motifs is 5. The summed E-state index contributed by atoms with van der Waals surface area (Å²) in [4.78, 5) is 24.6. The first-order valence-electron chi connectivity index (χ1n) is 13.1. The molecule has 208 valence electrons. The summed E-state index contributed by atoms with van der Waals surface area (Å²) in [5.74, 6) is -0.168. The van der Waals surface area contributed by atoms with Crippen LogP contribution in [0.3, 0.4) is 0 Å². The Hall–Kier alpha value is -2.52. The Morgan fingerprint density at radius 2 is 1.74 bits per heavy atom. The van der Waals surface area contributed by atoms with Gasteiger partial charge in [0.15, 0.2) is 0 Å². The van der Waals surface area contributed by atoms with Crippen molar-refractivity contribution in [1.82, 2.24) is 5.32 Å². The summed E-state index contributed by atoms with van der Waals surface area (Å²) in [5, 5.41) is 3.12. The average Bonchev–Trinajstić information content (AvgIpc) is 3.17. The number of ether oxygens (including phenoxy) is 1. The number of hydrogen-bond acceptors (Lipinski definition) is 3. The van der Waals surface area contributed by atoms with Crippen molar-refractivity contribution in [2.45, 2.75) is 70.8 Å². The Kier molecular flexibility index (Phi) is 6.42. The summed E-state index contributed by atoms with van der Waals surface area (Å²) in [7, 11) is 0. The maximum atomic E-state index is 13.5. The summed E-state index contributed by atoms with van der Waals surface area (Å²) in [6, 6.07) is 1.09. The van der Waals surface area contributed by atoms with Crippen LogP contribution in [0.1, 0.15) is 73.9 Å². The fourth-order valence-corrected chi connectivity index (χ4v) is 8.10. The molecule has 4 aliphatic rings. The molecule has 0 spiro atoms. The second-order valence-corrected chi connectivity index (χ2v) is 11.9. The van der Waals surface area contributed by atoms with Crippen LogP contribution in [0.5, 0.6) is 0 Å². The third-order valence-corrected chi connectivity index (χ3v) is 10.2. The van der Waals surface area contributed by atoms with Gasteiger partial charge in [-0.3, -0.25) is 4.79 Å². The molecule has 3 saturated carbocycles. The minimum Gasteiger partial charge on any atom is -0.462 e. The van der Waals surface area contributed by atoms with Crippen molar-refractivity contribution in [3.63, 3.8) is 0 Å². The van der Waals surface area contributed by atoms with Crippen molar-refractivity contribution in [3.8, 4) is 0 Å². The number of amides is 1. The van der Waals surface area contributed by atoms with Crippen molar-refractivity contribution in [2.75, 3.05) is 6.61 Å². The zero-order valence-corrected chi connectivity index (χ0v) is 21.2. The summed E-state index contributed by atoms with van der Waals surface area (Å²) < 4.78 is 84.9. The molecule has 0 bridgehead atoms. The number of alkyl halides is 6. The lowest BCUT2D eigenvalue weighted by Gasteiger charge is -2.58. The number of carbonyl (C=O) groups is 2. The molecular weight excluding hydrogens is 512 g/mol. The van der Waals surface area contributed by atoms with E-state index in [2.05, 4.69) is 25.2 Å². The van der Waals surface area contributed by atoms with Crippen LogP contribution in [0, 0.1) is 34.5 Å². The van der Waals surface area contributed by atoms with E-state index in [4.69, 9.17) is 4.74 Å². The van der Waals surface area contributed by atoms with Crippen LogP contribution in [0.15, 0.2) is 30.4 Å². The van der Waals surface area contributed by atoms with Gasteiger partial charge in [0.2, 0.25) is 5.91 Å². The van der Waals surface area contributed by atoms with Crippen molar-refractivity contribution in [3.05, 3.63) is 47.0 Å². The van der Waals surface area contributed by atoms with E-state index in [0.717, 1.165) is 38.5 Å². The Balaban J connectivity index is 1.31. The Bertz CT molecular complexity index is 1160. The molecule has 4 unspecified atom stereocenters. The molecule has 7 atom stereocenters. The van der Waals surface area contributed by atoms with Crippen LogP contribution in [0.4, 0.5) is 26.3 Å². The molecule has 0 aromatic heterocycles. The third kappa shape index (κ3) is 4.41. The van der Waals surface area contributed by atoms with E-state index in [1.165, 1.54) is 0 Å². The first-order chi connectivity index (χ1) is 17.6. The molecule has 10 heteroatoms. The lowest BCUT2D eigenvalue weighted by Crippen LogP contribution is -2.59. The number of nitrogens with one attached hydrogen (secondary N) is 1. The molecular formula is C28H31F6NO3. The normalized spacial score (nSPS) is 36.6. The molecule has 0 radical (unpaired) electrons. The van der Waals surface area contributed by atoms with E-state index < -0.39 is 35.0 Å². The predicted molar refractivity (Wildman–Crippen MR) is 126 cm³/mol. The second-order valence-electron chi connectivity index (χ2n) is 11.9. The molecule has 1 amide bonds. The highest BCUT2D eigenvalue weighted by Crippen LogP contribution is 2.65. The summed E-state index contributed by atoms with van der Waals surface area (Å²) in [6.07, 6.45) is -1.06. The van der Waals surface area contributed by atoms with Gasteiger partial charge in [-0.25, -0.2) is 4.79 Å². The molecule has 1 aromatic rings. The van der Waals surface area contributed by atoms with Crippen molar-refractivity contribution >= 4 is 11.9 Å². The summed E-state index contributed by atoms with van der Waals surface area (Å²) in [6.45, 7) is 4.31. The molecule has 3 aliphatic carbocycles. The van der Waals surface area contributed by atoms with E-state index in [-0.39, 0.29) is 41.4 Å². The van der Waals surface area contributed by atoms with Gasteiger partial charge in [0.1, 0.15) is 0 Å². The van der Waals surface area contributed by atoms with Crippen LogP contribution in [-0.4, -0.2) is 24.5 Å². The minimum atomic E-state index is -5.14. The van der Waals surface area contributed by atoms with E-state index in [1.54, 1.807) is 6.08 Å². The molecule has 5 rings (SSSR count). The predicted octanol–water partition coefficient (Wildman–Crippen LogP) is 6.79. The zero-order chi connectivity index (χ0) is 27.7. The van der Waals surface area contributed by atoms with Gasteiger partial charge < -0.3 is 10.1 Å². The Labute approximate surface area is 217 Å². The molecule has 1 aromatic carbocycles. The maximum Gasteiger partial charge on any atom is 0.417 e. The van der Waals surface area contributed by atoms with Gasteiger partial charge >= 0.3 is 18.3 Å². The number of rotatable bonds is 3. The van der Waals surface area contributed by atoms with Gasteiger partial charge in [-0.2, -0.15) is 26.3 Å². The van der Waals surface area contributed by atoms with Gasteiger partial charge in [0, 0.05) is 11.5 Å². The van der Waals surface area contributed by atoms with Gasteiger partial charge in [-0.15, -0.1) is 0 Å². The number of halogens is 6. The van der Waals surface area contributed by atoms with Crippen LogP contribution in [0.2, 0.25) is 0 Å². The largest absolute Gasteiger partial charge is 0.462 e. The standard InChI is InChI=1S/C28H31F6NO3/c1-25-11-9-20-17(6-8-22-26(20,2)12-10-23(36)35-22)19(25)7-4-16(25)14-38-24(37)18-5-3-15(27(29,30)31)13-21(18)28(32,33)34/h3,5,10,12-13,16-17,19-20,22H,4,6-9,11,14H2,1-2H3,(H,35,36)/t16-,17?,19?,20?,22?,25-,26-/m1/s1. The van der Waals surface area contributed by atoms with Crippen molar-refractivity contribution in [2.24, 2.45) is 34.5 Å². The molecule has 1 N–H and O–H groups in total. The van der Waals surface area contributed by atoms with Gasteiger partial charge in [0.05, 0.1) is 23.3 Å². The molecule has 1 aliphatic heterocycles. The van der Waals surface area contributed by atoms with Crippen LogP contribution >= 0.6 is 0 Å². The smallest absolute Gasteiger partial charge is 0.417 e. The highest BCUT2D eigenvalue weighted by molar-refractivity contribution is 5.91. The Morgan fingerprint density at radius 1 is 1.00 bits per heavy atom. The lowest BCUT2D eigenvalue weighted by atomic mass is 9.48. The number of carbonyl (C=O) groups excluding carboxylic acids is 2. The monoisotopic (exact) mass is 543 g/mol. The lowest BCUT2D eigenvalue weighted by molar-refractivity contribution is -0.143. The van der Waals surface area contributed by atoms with Crippen LogP contribution in [-0.2, 0) is 21.9 Å². The number of hydrogen-bond donors (Lipinski definition) is 1. The average molecular weight is 544 g/mol. The quantitative estimate of drug-likeness (QED) is 0.337. The molecule has 3 fully saturated rings. The highest BCUT2D eigenvalue weighted by Gasteiger charge is 2.59. The summed E-state index contributed by atoms with van der Waals surface area (Å²) in [5.41, 5.74) is -4.31. The van der Waals surface area contributed by atoms with E-state index in [1.807, 2.05) is 0 Å². The first kappa shape index (κ1) is 27.1. The third-order valence-electron chi connectivity index (χ3n) is 10.2. The van der Waals surface area contributed by atoms with E-state index in [9.17, 15) is 35.9 Å². The van der Waals surface area contributed by atoms with Crippen molar-refractivity contribution in [1.29, 1.82) is 0 Å². The molecule has 38 heavy (non-hydrogen) atoms. The number of benzene rings is 1. The molecule has 1 heterocycles. The molecule has 4 nitrogen and oxygen atoms in total. The summed E-state index contributed by atoms with van der Waals surface area (Å²) >= 11 is 0. The van der Waals surface area contributed by atoms with Crippen molar-refractivity contribution < 1.29 is 40.7 Å². The first-order valence-corrected chi connectivity index (χ1v) is 13.1. The van der Waals surface area contributed by atoms with Gasteiger partial charge in [0.25, 0.3) is 0 Å². The van der Waals surface area contributed by atoms with Crippen LogP contribution in [0.25, 0.3) is 0 Å². The molecule has 0 saturated heterocycles. The SMILES string of the molecule is C[C@]12C=CC(=O)NC1CCC1C2CC[C@@]2(C)C1CC[C@@H]2COC(=O)c1ccc(C(F)(F)F)cc1C(F)(F)F. The number of esters is 1. The highest BCUT2D eigenvalue weighted by atomic mass is 19.4. The topological polar surface area (TPSA) is 55.4 Å². The van der Waals surface area contributed by atoms with Gasteiger partial charge in [-0.1, -0.05) is 19.9 Å². The fraction of sp³-hybridized carbons (Fsp3) is 0.643. The minimum absolute atomic E-state index is 0.0379. The van der Waals surface area contributed by atoms with E-state index >= 15 is 0 Å². The maximum absolute atomic E-state index is 13.5. The fourth-order valence-electron chi connectivity index (χ4n) is 8.10. The van der Waals surface area contributed by atoms with E-state index in [0.29, 0.717) is 29.9 Å². The van der Waals surface area contributed by atoms with Gasteiger partial charge in [-0.05, 0) is 91.9 Å². The van der Waals surface area contributed by atoms with Crippen LogP contribution < -0.4 is 5.32 Å².